The number of fused-ring (bicyclic) bond motifs is 1. The van der Waals surface area contributed by atoms with E-state index in [1.54, 1.807) is 12.1 Å². The minimum absolute atomic E-state index is 0.0122. The zero-order chi connectivity index (χ0) is 19.0. The fraction of sp³-hybridized carbons (Fsp3) is 0.350. The van der Waals surface area contributed by atoms with E-state index in [2.05, 4.69) is 10.4 Å². The van der Waals surface area contributed by atoms with Gasteiger partial charge in [-0.05, 0) is 52.3 Å². The van der Waals surface area contributed by atoms with Crippen LogP contribution < -0.4 is 10.7 Å². The highest BCUT2D eigenvalue weighted by molar-refractivity contribution is 5.93. The summed E-state index contributed by atoms with van der Waals surface area (Å²) in [6.07, 6.45) is 0. The van der Waals surface area contributed by atoms with Gasteiger partial charge in [-0.15, -0.1) is 0 Å². The minimum Gasteiger partial charge on any atom is -0.451 e. The molecule has 136 valence electrons. The number of carbonyl (C=O) groups is 1. The van der Waals surface area contributed by atoms with E-state index in [0.29, 0.717) is 11.0 Å². The lowest BCUT2D eigenvalue weighted by Gasteiger charge is -2.14. The first kappa shape index (κ1) is 17.9. The van der Waals surface area contributed by atoms with Gasteiger partial charge in [0.05, 0.1) is 17.1 Å². The van der Waals surface area contributed by atoms with Crippen molar-refractivity contribution in [2.45, 2.75) is 47.2 Å². The van der Waals surface area contributed by atoms with Crippen molar-refractivity contribution in [2.75, 3.05) is 0 Å². The van der Waals surface area contributed by atoms with Gasteiger partial charge in [0.15, 0.2) is 11.2 Å². The molecule has 0 spiro atoms. The topological polar surface area (TPSA) is 77.1 Å². The highest BCUT2D eigenvalue weighted by Gasteiger charge is 2.21. The largest absolute Gasteiger partial charge is 0.451 e. The molecule has 2 heterocycles. The fourth-order valence-electron chi connectivity index (χ4n) is 3.36. The quantitative estimate of drug-likeness (QED) is 0.779. The predicted octanol–water partition coefficient (Wildman–Crippen LogP) is 3.43. The summed E-state index contributed by atoms with van der Waals surface area (Å²) in [4.78, 5) is 24.9. The zero-order valence-corrected chi connectivity index (χ0v) is 15.7. The Morgan fingerprint density at radius 3 is 2.65 bits per heavy atom. The van der Waals surface area contributed by atoms with Gasteiger partial charge < -0.3 is 9.73 Å². The number of nitrogens with one attached hydrogen (secondary N) is 1. The molecule has 0 fully saturated rings. The van der Waals surface area contributed by atoms with E-state index >= 15 is 0 Å². The summed E-state index contributed by atoms with van der Waals surface area (Å²) in [6, 6.07) is 6.32. The van der Waals surface area contributed by atoms with Crippen molar-refractivity contribution in [2.24, 2.45) is 0 Å². The van der Waals surface area contributed by atoms with Crippen LogP contribution in [0, 0.1) is 20.8 Å². The van der Waals surface area contributed by atoms with Crippen LogP contribution in [-0.4, -0.2) is 15.7 Å². The molecule has 6 nitrogen and oxygen atoms in total. The van der Waals surface area contributed by atoms with E-state index in [-0.39, 0.29) is 17.2 Å². The second-order valence-corrected chi connectivity index (χ2v) is 6.57. The van der Waals surface area contributed by atoms with Gasteiger partial charge >= 0.3 is 0 Å². The van der Waals surface area contributed by atoms with E-state index in [9.17, 15) is 9.59 Å². The summed E-state index contributed by atoms with van der Waals surface area (Å²) >= 11 is 0. The molecule has 0 aliphatic rings. The number of aryl methyl sites for hydroxylation is 3. The summed E-state index contributed by atoms with van der Waals surface area (Å²) in [5.41, 5.74) is 4.04. The van der Waals surface area contributed by atoms with E-state index in [0.717, 1.165) is 29.1 Å². The Kier molecular flexibility index (Phi) is 4.68. The van der Waals surface area contributed by atoms with Crippen LogP contribution in [0.1, 0.15) is 53.0 Å². The number of hydrogen-bond acceptors (Lipinski definition) is 4. The molecule has 1 amide bonds. The molecule has 0 saturated carbocycles. The van der Waals surface area contributed by atoms with E-state index in [1.807, 2.05) is 45.4 Å². The molecule has 26 heavy (non-hydrogen) atoms. The van der Waals surface area contributed by atoms with Gasteiger partial charge in [0.2, 0.25) is 0 Å². The van der Waals surface area contributed by atoms with Crippen molar-refractivity contribution in [3.05, 3.63) is 62.8 Å². The van der Waals surface area contributed by atoms with Crippen LogP contribution in [0.15, 0.2) is 33.5 Å². The summed E-state index contributed by atoms with van der Waals surface area (Å²) in [6.45, 7) is 10.5. The molecule has 2 aromatic heterocycles. The second kappa shape index (κ2) is 6.78. The lowest BCUT2D eigenvalue weighted by molar-refractivity contribution is 0.0912. The molecule has 0 radical (unpaired) electrons. The Labute approximate surface area is 151 Å². The smallest absolute Gasteiger partial charge is 0.287 e. The second-order valence-electron chi connectivity index (χ2n) is 6.57. The Morgan fingerprint density at radius 1 is 1.27 bits per heavy atom. The third-order valence-corrected chi connectivity index (χ3v) is 4.63. The molecule has 1 N–H and O–H groups in total. The first-order chi connectivity index (χ1) is 12.3. The number of rotatable bonds is 4. The fourth-order valence-corrected chi connectivity index (χ4v) is 3.36. The maximum atomic E-state index is 12.6. The van der Waals surface area contributed by atoms with Crippen LogP contribution in [0.5, 0.6) is 0 Å². The highest BCUT2D eigenvalue weighted by Crippen LogP contribution is 2.22. The maximum absolute atomic E-state index is 12.6. The van der Waals surface area contributed by atoms with Crippen molar-refractivity contribution >= 4 is 16.9 Å². The lowest BCUT2D eigenvalue weighted by atomic mass is 10.1. The predicted molar refractivity (Wildman–Crippen MR) is 100 cm³/mol. The summed E-state index contributed by atoms with van der Waals surface area (Å²) < 4.78 is 7.58. The van der Waals surface area contributed by atoms with Crippen LogP contribution in [0.25, 0.3) is 11.0 Å². The van der Waals surface area contributed by atoms with Crippen LogP contribution in [0.4, 0.5) is 0 Å². The summed E-state index contributed by atoms with van der Waals surface area (Å²) in [7, 11) is 0. The molecular formula is C20H23N3O3. The third-order valence-electron chi connectivity index (χ3n) is 4.63. The molecule has 6 heteroatoms. The average molecular weight is 353 g/mol. The lowest BCUT2D eigenvalue weighted by Crippen LogP contribution is -2.28. The Bertz CT molecular complexity index is 1050. The van der Waals surface area contributed by atoms with Gasteiger partial charge in [-0.3, -0.25) is 14.3 Å². The zero-order valence-electron chi connectivity index (χ0n) is 15.7. The molecule has 0 saturated heterocycles. The first-order valence-electron chi connectivity index (χ1n) is 8.71. The Morgan fingerprint density at radius 2 is 2.00 bits per heavy atom. The summed E-state index contributed by atoms with van der Waals surface area (Å²) in [5, 5.41) is 7.87. The SMILES string of the molecule is CCn1nc(C)c(C(C)NC(=O)c2cc(=O)c3ccc(C)cc3o2)c1C. The van der Waals surface area contributed by atoms with Crippen molar-refractivity contribution < 1.29 is 9.21 Å². The average Bonchev–Trinajstić information content (AvgIpc) is 2.87. The van der Waals surface area contributed by atoms with Gasteiger partial charge in [0.1, 0.15) is 5.58 Å². The van der Waals surface area contributed by atoms with Gasteiger partial charge in [0, 0.05) is 23.9 Å². The molecule has 0 bridgehead atoms. The van der Waals surface area contributed by atoms with Crippen LogP contribution >= 0.6 is 0 Å². The molecule has 1 aromatic carbocycles. The Balaban J connectivity index is 1.92. The van der Waals surface area contributed by atoms with Crippen LogP contribution in [0.3, 0.4) is 0 Å². The number of nitrogens with zero attached hydrogens (tertiary/aromatic N) is 2. The van der Waals surface area contributed by atoms with Gasteiger partial charge in [-0.1, -0.05) is 6.07 Å². The molecule has 3 aromatic rings. The molecular weight excluding hydrogens is 330 g/mol. The van der Waals surface area contributed by atoms with Gasteiger partial charge in [-0.2, -0.15) is 5.10 Å². The van der Waals surface area contributed by atoms with Crippen molar-refractivity contribution in [1.82, 2.24) is 15.1 Å². The number of benzene rings is 1. The monoisotopic (exact) mass is 353 g/mol. The van der Waals surface area contributed by atoms with Crippen LogP contribution in [-0.2, 0) is 6.54 Å². The van der Waals surface area contributed by atoms with Crippen molar-refractivity contribution in [3.63, 3.8) is 0 Å². The first-order valence-corrected chi connectivity index (χ1v) is 8.71. The molecule has 1 unspecified atom stereocenters. The third kappa shape index (κ3) is 3.14. The number of aromatic nitrogens is 2. The highest BCUT2D eigenvalue weighted by atomic mass is 16.3. The van der Waals surface area contributed by atoms with Crippen molar-refractivity contribution in [3.8, 4) is 0 Å². The molecule has 0 aliphatic heterocycles. The minimum atomic E-state index is -0.416. The van der Waals surface area contributed by atoms with E-state index in [4.69, 9.17) is 4.42 Å². The number of hydrogen-bond donors (Lipinski definition) is 1. The van der Waals surface area contributed by atoms with Crippen molar-refractivity contribution in [1.29, 1.82) is 0 Å². The standard InChI is InChI=1S/C20H23N3O3/c1-6-23-14(5)19(13(4)22-23)12(3)21-20(25)18-10-16(24)15-8-7-11(2)9-17(15)26-18/h7-10,12H,6H2,1-5H3,(H,21,25). The molecule has 0 aliphatic carbocycles. The normalized spacial score (nSPS) is 12.3. The molecule has 3 rings (SSSR count). The summed E-state index contributed by atoms with van der Waals surface area (Å²) in [5.74, 6) is -0.404. The number of amides is 1. The van der Waals surface area contributed by atoms with Gasteiger partial charge in [-0.25, -0.2) is 0 Å². The maximum Gasteiger partial charge on any atom is 0.287 e. The van der Waals surface area contributed by atoms with Crippen LogP contribution in [0.2, 0.25) is 0 Å². The van der Waals surface area contributed by atoms with E-state index < -0.39 is 5.91 Å². The number of carbonyl (C=O) groups excluding carboxylic acids is 1. The Hall–Kier alpha value is -2.89. The van der Waals surface area contributed by atoms with E-state index in [1.165, 1.54) is 6.07 Å². The molecule has 1 atom stereocenters. The van der Waals surface area contributed by atoms with Gasteiger partial charge in [0.25, 0.3) is 5.91 Å².